The van der Waals surface area contributed by atoms with E-state index in [2.05, 4.69) is 4.98 Å². The Hall–Kier alpha value is -1.17. The number of nitrogens with zero attached hydrogens (tertiary/aromatic N) is 1. The quantitative estimate of drug-likeness (QED) is 0.588. The predicted octanol–water partition coefficient (Wildman–Crippen LogP) is 2.55. The standard InChI is InChI=1S/C8H4ClF4NO/c9-5-1-2-14-7(10)4(5)3-6(15)8(11,12)13/h1-2H,3H2. The Bertz CT molecular complexity index is 370. The number of aromatic nitrogens is 1. The molecule has 0 atom stereocenters. The van der Waals surface area contributed by atoms with Crippen LogP contribution in [0.5, 0.6) is 0 Å². The van der Waals surface area contributed by atoms with Crippen LogP contribution < -0.4 is 0 Å². The highest BCUT2D eigenvalue weighted by Crippen LogP contribution is 2.23. The van der Waals surface area contributed by atoms with Gasteiger partial charge >= 0.3 is 6.18 Å². The smallest absolute Gasteiger partial charge is 0.289 e. The van der Waals surface area contributed by atoms with Crippen LogP contribution in [0, 0.1) is 5.95 Å². The molecule has 1 aromatic heterocycles. The van der Waals surface area contributed by atoms with E-state index in [1.807, 2.05) is 0 Å². The van der Waals surface area contributed by atoms with Crippen LogP contribution in [0.4, 0.5) is 17.6 Å². The minimum absolute atomic E-state index is 0.250. The van der Waals surface area contributed by atoms with Crippen LogP contribution in [-0.2, 0) is 11.2 Å². The predicted molar refractivity (Wildman–Crippen MR) is 44.0 cm³/mol. The largest absolute Gasteiger partial charge is 0.450 e. The molecule has 0 amide bonds. The molecule has 0 fully saturated rings. The van der Waals surface area contributed by atoms with Crippen molar-refractivity contribution in [1.82, 2.24) is 4.98 Å². The summed E-state index contributed by atoms with van der Waals surface area (Å²) in [6, 6.07) is 1.11. The van der Waals surface area contributed by atoms with Crippen molar-refractivity contribution in [3.63, 3.8) is 0 Å². The maximum absolute atomic E-state index is 12.9. The van der Waals surface area contributed by atoms with Crippen LogP contribution in [0.25, 0.3) is 0 Å². The van der Waals surface area contributed by atoms with E-state index in [1.54, 1.807) is 0 Å². The molecule has 1 aromatic rings. The van der Waals surface area contributed by atoms with E-state index >= 15 is 0 Å². The molecule has 7 heteroatoms. The molecule has 0 N–H and O–H groups in total. The fraction of sp³-hybridized carbons (Fsp3) is 0.250. The van der Waals surface area contributed by atoms with E-state index in [4.69, 9.17) is 11.6 Å². The first-order valence-corrected chi connectivity index (χ1v) is 4.09. The number of hydrogen-bond donors (Lipinski definition) is 0. The molecule has 0 aliphatic rings. The molecule has 0 aliphatic heterocycles. The molecule has 0 spiro atoms. The zero-order valence-corrected chi connectivity index (χ0v) is 7.86. The van der Waals surface area contributed by atoms with Crippen molar-refractivity contribution >= 4 is 17.4 Å². The molecule has 0 radical (unpaired) electrons. The summed E-state index contributed by atoms with van der Waals surface area (Å²) in [5.74, 6) is -3.23. The average Bonchev–Trinajstić information content (AvgIpc) is 2.09. The highest BCUT2D eigenvalue weighted by Gasteiger charge is 2.38. The Balaban J connectivity index is 2.95. The van der Waals surface area contributed by atoms with E-state index in [0.29, 0.717) is 0 Å². The molecule has 0 bridgehead atoms. The molecular weight excluding hydrogens is 238 g/mol. The van der Waals surface area contributed by atoms with Crippen molar-refractivity contribution in [3.05, 3.63) is 28.8 Å². The van der Waals surface area contributed by atoms with Gasteiger partial charge < -0.3 is 0 Å². The first-order valence-electron chi connectivity index (χ1n) is 3.71. The zero-order valence-electron chi connectivity index (χ0n) is 7.11. The van der Waals surface area contributed by atoms with Crippen molar-refractivity contribution < 1.29 is 22.4 Å². The summed E-state index contributed by atoms with van der Waals surface area (Å²) < 4.78 is 48.5. The number of rotatable bonds is 2. The summed E-state index contributed by atoms with van der Waals surface area (Å²) in [5.41, 5.74) is -0.540. The van der Waals surface area contributed by atoms with Gasteiger partial charge in [-0.25, -0.2) is 4.98 Å². The first-order chi connectivity index (χ1) is 6.82. The highest BCUT2D eigenvalue weighted by atomic mass is 35.5. The van der Waals surface area contributed by atoms with Gasteiger partial charge in [0, 0.05) is 18.2 Å². The van der Waals surface area contributed by atoms with E-state index in [9.17, 15) is 22.4 Å². The minimum Gasteiger partial charge on any atom is -0.289 e. The molecule has 0 aromatic carbocycles. The van der Waals surface area contributed by atoms with Crippen molar-refractivity contribution in [2.75, 3.05) is 0 Å². The molecule has 2 nitrogen and oxygen atoms in total. The van der Waals surface area contributed by atoms with Crippen molar-refractivity contribution in [2.45, 2.75) is 12.6 Å². The first kappa shape index (κ1) is 11.9. The molecule has 1 heterocycles. The second-order valence-corrected chi connectivity index (χ2v) is 3.07. The third kappa shape index (κ3) is 2.89. The topological polar surface area (TPSA) is 30.0 Å². The second-order valence-electron chi connectivity index (χ2n) is 2.66. The fourth-order valence-corrected chi connectivity index (χ4v) is 1.06. The van der Waals surface area contributed by atoms with Crippen molar-refractivity contribution in [2.24, 2.45) is 0 Å². The fourth-order valence-electron chi connectivity index (χ4n) is 0.863. The van der Waals surface area contributed by atoms with Crippen LogP contribution in [0.1, 0.15) is 5.56 Å². The number of pyridine rings is 1. The summed E-state index contributed by atoms with van der Waals surface area (Å²) in [7, 11) is 0. The minimum atomic E-state index is -4.99. The number of carbonyl (C=O) groups excluding carboxylic acids is 1. The van der Waals surface area contributed by atoms with Gasteiger partial charge in [-0.15, -0.1) is 0 Å². The average molecular weight is 242 g/mol. The molecule has 0 aliphatic carbocycles. The maximum Gasteiger partial charge on any atom is 0.450 e. The Morgan fingerprint density at radius 2 is 2.07 bits per heavy atom. The van der Waals surface area contributed by atoms with E-state index < -0.39 is 29.9 Å². The van der Waals surface area contributed by atoms with Crippen LogP contribution in [-0.4, -0.2) is 16.9 Å². The summed E-state index contributed by atoms with van der Waals surface area (Å²) in [6.45, 7) is 0. The van der Waals surface area contributed by atoms with Gasteiger partial charge in [-0.2, -0.15) is 17.6 Å². The third-order valence-electron chi connectivity index (χ3n) is 1.60. The second kappa shape index (κ2) is 4.14. The van der Waals surface area contributed by atoms with Crippen molar-refractivity contribution in [3.8, 4) is 0 Å². The van der Waals surface area contributed by atoms with E-state index in [-0.39, 0.29) is 5.02 Å². The normalized spacial score (nSPS) is 11.5. The van der Waals surface area contributed by atoms with Gasteiger partial charge in [-0.1, -0.05) is 11.6 Å². The van der Waals surface area contributed by atoms with Gasteiger partial charge in [0.1, 0.15) is 0 Å². The molecule has 82 valence electrons. The Labute approximate surface area is 86.9 Å². The lowest BCUT2D eigenvalue weighted by Crippen LogP contribution is -2.25. The van der Waals surface area contributed by atoms with E-state index in [1.165, 1.54) is 0 Å². The number of Topliss-reactive ketones (excluding diaryl/α,β-unsaturated/α-hetero) is 1. The monoisotopic (exact) mass is 241 g/mol. The molecule has 0 saturated carbocycles. The van der Waals surface area contributed by atoms with Gasteiger partial charge in [0.2, 0.25) is 11.7 Å². The van der Waals surface area contributed by atoms with Gasteiger partial charge in [0.05, 0.1) is 5.02 Å². The third-order valence-corrected chi connectivity index (χ3v) is 1.95. The molecule has 0 saturated heterocycles. The zero-order chi connectivity index (χ0) is 11.6. The number of carbonyl (C=O) groups is 1. The van der Waals surface area contributed by atoms with Gasteiger partial charge in [-0.3, -0.25) is 4.79 Å². The van der Waals surface area contributed by atoms with Crippen LogP contribution in [0.15, 0.2) is 12.3 Å². The Morgan fingerprint density at radius 3 is 2.53 bits per heavy atom. The maximum atomic E-state index is 12.9. The number of hydrogen-bond acceptors (Lipinski definition) is 2. The number of ketones is 1. The van der Waals surface area contributed by atoms with Crippen LogP contribution in [0.2, 0.25) is 5.02 Å². The lowest BCUT2D eigenvalue weighted by Gasteiger charge is -2.06. The summed E-state index contributed by atoms with van der Waals surface area (Å²) in [4.78, 5) is 13.7. The van der Waals surface area contributed by atoms with Gasteiger partial charge in [-0.05, 0) is 6.07 Å². The number of halogens is 5. The molecule has 1 rings (SSSR count). The highest BCUT2D eigenvalue weighted by molar-refractivity contribution is 6.31. The van der Waals surface area contributed by atoms with Crippen LogP contribution >= 0.6 is 11.6 Å². The van der Waals surface area contributed by atoms with Crippen molar-refractivity contribution in [1.29, 1.82) is 0 Å². The lowest BCUT2D eigenvalue weighted by atomic mass is 10.1. The summed E-state index contributed by atoms with van der Waals surface area (Å²) >= 11 is 5.42. The summed E-state index contributed by atoms with van der Waals surface area (Å²) in [5, 5.41) is -0.250. The lowest BCUT2D eigenvalue weighted by molar-refractivity contribution is -0.170. The molecule has 0 unspecified atom stereocenters. The molecule has 15 heavy (non-hydrogen) atoms. The SMILES string of the molecule is O=C(Cc1c(Cl)ccnc1F)C(F)(F)F. The van der Waals surface area contributed by atoms with Gasteiger partial charge in [0.25, 0.3) is 0 Å². The molecular formula is C8H4ClF4NO. The van der Waals surface area contributed by atoms with Crippen LogP contribution in [0.3, 0.4) is 0 Å². The van der Waals surface area contributed by atoms with Gasteiger partial charge in [0.15, 0.2) is 0 Å². The Kier molecular flexibility index (Phi) is 3.28. The number of alkyl halides is 3. The summed E-state index contributed by atoms with van der Waals surface area (Å²) in [6.07, 6.45) is -5.13. The Morgan fingerprint density at radius 1 is 1.47 bits per heavy atom. The van der Waals surface area contributed by atoms with E-state index in [0.717, 1.165) is 12.3 Å².